The van der Waals surface area contributed by atoms with Gasteiger partial charge >= 0.3 is 5.97 Å². The molecule has 0 aliphatic carbocycles. The normalized spacial score (nSPS) is 9.90. The third kappa shape index (κ3) is 3.33. The molecule has 0 radical (unpaired) electrons. The SMILES string of the molecule is COC(=O)C(=O)c1ccc(Oc2ccc(Cl)cc2)nc1. The molecule has 0 fully saturated rings. The summed E-state index contributed by atoms with van der Waals surface area (Å²) in [6.07, 6.45) is 1.25. The van der Waals surface area contributed by atoms with Gasteiger partial charge in [0.15, 0.2) is 0 Å². The first kappa shape index (κ1) is 14.0. The summed E-state index contributed by atoms with van der Waals surface area (Å²) >= 11 is 5.76. The van der Waals surface area contributed by atoms with Crippen molar-refractivity contribution in [1.82, 2.24) is 4.98 Å². The molecule has 0 saturated heterocycles. The summed E-state index contributed by atoms with van der Waals surface area (Å²) in [5.74, 6) is -0.820. The van der Waals surface area contributed by atoms with Gasteiger partial charge in [-0.15, -0.1) is 0 Å². The molecule has 0 unspecified atom stereocenters. The number of aromatic nitrogens is 1. The number of Topliss-reactive ketones (excluding diaryl/α,β-unsaturated/α-hetero) is 1. The van der Waals surface area contributed by atoms with Crippen molar-refractivity contribution < 1.29 is 19.1 Å². The van der Waals surface area contributed by atoms with Gasteiger partial charge in [-0.05, 0) is 30.3 Å². The van der Waals surface area contributed by atoms with Crippen LogP contribution in [0.3, 0.4) is 0 Å². The van der Waals surface area contributed by atoms with E-state index < -0.39 is 11.8 Å². The number of carbonyl (C=O) groups is 2. The third-order valence-corrected chi connectivity index (χ3v) is 2.66. The van der Waals surface area contributed by atoms with E-state index in [4.69, 9.17) is 16.3 Å². The van der Waals surface area contributed by atoms with Crippen molar-refractivity contribution in [2.45, 2.75) is 0 Å². The number of hydrogen-bond donors (Lipinski definition) is 0. The molecule has 0 N–H and O–H groups in total. The zero-order valence-electron chi connectivity index (χ0n) is 10.5. The summed E-state index contributed by atoms with van der Waals surface area (Å²) in [4.78, 5) is 26.5. The van der Waals surface area contributed by atoms with Gasteiger partial charge in [-0.3, -0.25) is 4.79 Å². The number of hydrogen-bond acceptors (Lipinski definition) is 5. The molecule has 5 nitrogen and oxygen atoms in total. The van der Waals surface area contributed by atoms with Crippen molar-refractivity contribution >= 4 is 23.4 Å². The Hall–Kier alpha value is -2.40. The van der Waals surface area contributed by atoms with Gasteiger partial charge in [-0.2, -0.15) is 0 Å². The van der Waals surface area contributed by atoms with Gasteiger partial charge in [0.2, 0.25) is 5.88 Å². The fraction of sp³-hybridized carbons (Fsp3) is 0.0714. The highest BCUT2D eigenvalue weighted by Crippen LogP contribution is 2.21. The van der Waals surface area contributed by atoms with Gasteiger partial charge in [0, 0.05) is 22.8 Å². The number of esters is 1. The predicted molar refractivity (Wildman–Crippen MR) is 72.1 cm³/mol. The first-order chi connectivity index (χ1) is 9.60. The molecule has 0 atom stereocenters. The van der Waals surface area contributed by atoms with Crippen LogP contribution in [0.4, 0.5) is 0 Å². The summed E-state index contributed by atoms with van der Waals surface area (Å²) in [5, 5.41) is 0.601. The van der Waals surface area contributed by atoms with E-state index in [0.29, 0.717) is 16.7 Å². The van der Waals surface area contributed by atoms with E-state index in [0.717, 1.165) is 7.11 Å². The molecule has 2 aromatic rings. The molecule has 6 heteroatoms. The van der Waals surface area contributed by atoms with Crippen LogP contribution in [0.15, 0.2) is 42.6 Å². The number of carbonyl (C=O) groups excluding carboxylic acids is 2. The highest BCUT2D eigenvalue weighted by molar-refractivity contribution is 6.40. The molecule has 0 spiro atoms. The molecule has 20 heavy (non-hydrogen) atoms. The molecule has 102 valence electrons. The summed E-state index contributed by atoms with van der Waals surface area (Å²) in [6, 6.07) is 9.69. The van der Waals surface area contributed by atoms with E-state index in [2.05, 4.69) is 9.72 Å². The number of halogens is 1. The van der Waals surface area contributed by atoms with Crippen molar-refractivity contribution in [3.05, 3.63) is 53.2 Å². The van der Waals surface area contributed by atoms with E-state index in [9.17, 15) is 9.59 Å². The third-order valence-electron chi connectivity index (χ3n) is 2.41. The maximum Gasteiger partial charge on any atom is 0.379 e. The Morgan fingerprint density at radius 3 is 2.35 bits per heavy atom. The summed E-state index contributed by atoms with van der Waals surface area (Å²) in [7, 11) is 1.14. The molecule has 0 amide bonds. The van der Waals surface area contributed by atoms with Crippen LogP contribution in [0, 0.1) is 0 Å². The van der Waals surface area contributed by atoms with Gasteiger partial charge in [-0.25, -0.2) is 9.78 Å². The van der Waals surface area contributed by atoms with Gasteiger partial charge in [0.05, 0.1) is 7.11 Å². The summed E-state index contributed by atoms with van der Waals surface area (Å²) in [5.41, 5.74) is 0.139. The van der Waals surface area contributed by atoms with Crippen molar-refractivity contribution in [2.75, 3.05) is 7.11 Å². The van der Waals surface area contributed by atoms with E-state index in [1.165, 1.54) is 18.3 Å². The molecule has 1 aromatic heterocycles. The lowest BCUT2D eigenvalue weighted by molar-refractivity contribution is -0.135. The Bertz CT molecular complexity index is 623. The molecule has 1 heterocycles. The average molecular weight is 292 g/mol. The Labute approximate surface area is 120 Å². The smallest absolute Gasteiger partial charge is 0.379 e. The van der Waals surface area contributed by atoms with Gasteiger partial charge in [0.25, 0.3) is 5.78 Å². The van der Waals surface area contributed by atoms with Crippen LogP contribution in [-0.2, 0) is 9.53 Å². The molecule has 0 aliphatic heterocycles. The number of benzene rings is 1. The Kier molecular flexibility index (Phi) is 4.32. The Morgan fingerprint density at radius 2 is 1.80 bits per heavy atom. The van der Waals surface area contributed by atoms with Crippen LogP contribution in [0.1, 0.15) is 10.4 Å². The molecular weight excluding hydrogens is 282 g/mol. The molecule has 0 aliphatic rings. The Balaban J connectivity index is 2.10. The van der Waals surface area contributed by atoms with Crippen molar-refractivity contribution in [1.29, 1.82) is 0 Å². The highest BCUT2D eigenvalue weighted by atomic mass is 35.5. The minimum atomic E-state index is -0.932. The topological polar surface area (TPSA) is 65.5 Å². The maximum atomic E-state index is 11.5. The van der Waals surface area contributed by atoms with Crippen LogP contribution in [0.2, 0.25) is 5.02 Å². The van der Waals surface area contributed by atoms with Gasteiger partial charge < -0.3 is 9.47 Å². The fourth-order valence-corrected chi connectivity index (χ4v) is 1.53. The van der Waals surface area contributed by atoms with Crippen LogP contribution in [-0.4, -0.2) is 23.8 Å². The van der Waals surface area contributed by atoms with E-state index in [1.807, 2.05) is 0 Å². The highest BCUT2D eigenvalue weighted by Gasteiger charge is 2.16. The predicted octanol–water partition coefficient (Wildman–Crippen LogP) is 2.88. The quantitative estimate of drug-likeness (QED) is 0.492. The zero-order chi connectivity index (χ0) is 14.5. The second kappa shape index (κ2) is 6.16. The van der Waals surface area contributed by atoms with Crippen LogP contribution >= 0.6 is 11.6 Å². The zero-order valence-corrected chi connectivity index (χ0v) is 11.3. The molecule has 2 rings (SSSR count). The van der Waals surface area contributed by atoms with Crippen molar-refractivity contribution in [2.24, 2.45) is 0 Å². The second-order valence-corrected chi connectivity index (χ2v) is 4.20. The molecule has 1 aromatic carbocycles. The van der Waals surface area contributed by atoms with Crippen LogP contribution in [0.5, 0.6) is 11.6 Å². The van der Waals surface area contributed by atoms with Gasteiger partial charge in [0.1, 0.15) is 5.75 Å². The lowest BCUT2D eigenvalue weighted by atomic mass is 10.2. The summed E-state index contributed by atoms with van der Waals surface area (Å²) < 4.78 is 9.80. The van der Waals surface area contributed by atoms with Crippen LogP contribution < -0.4 is 4.74 Å². The monoisotopic (exact) mass is 291 g/mol. The number of methoxy groups -OCH3 is 1. The standard InChI is InChI=1S/C14H10ClNO4/c1-19-14(18)13(17)9-2-7-12(16-8-9)20-11-5-3-10(15)4-6-11/h2-8H,1H3. The molecular formula is C14H10ClNO4. The van der Waals surface area contributed by atoms with Crippen LogP contribution in [0.25, 0.3) is 0 Å². The largest absolute Gasteiger partial charge is 0.463 e. The number of pyridine rings is 1. The number of rotatable bonds is 4. The van der Waals surface area contributed by atoms with Crippen molar-refractivity contribution in [3.8, 4) is 11.6 Å². The second-order valence-electron chi connectivity index (χ2n) is 3.76. The van der Waals surface area contributed by atoms with E-state index >= 15 is 0 Å². The lowest BCUT2D eigenvalue weighted by Crippen LogP contribution is -2.15. The minimum Gasteiger partial charge on any atom is -0.463 e. The Morgan fingerprint density at radius 1 is 1.10 bits per heavy atom. The lowest BCUT2D eigenvalue weighted by Gasteiger charge is -2.05. The minimum absolute atomic E-state index is 0.139. The molecule has 0 bridgehead atoms. The first-order valence-corrected chi connectivity index (χ1v) is 6.00. The first-order valence-electron chi connectivity index (χ1n) is 5.62. The van der Waals surface area contributed by atoms with Crippen molar-refractivity contribution in [3.63, 3.8) is 0 Å². The molecule has 0 saturated carbocycles. The average Bonchev–Trinajstić information content (AvgIpc) is 2.49. The van der Waals surface area contributed by atoms with E-state index in [-0.39, 0.29) is 5.56 Å². The number of ketones is 1. The number of ether oxygens (including phenoxy) is 2. The maximum absolute atomic E-state index is 11.5. The number of nitrogens with zero attached hydrogens (tertiary/aromatic N) is 1. The summed E-state index contributed by atoms with van der Waals surface area (Å²) in [6.45, 7) is 0. The van der Waals surface area contributed by atoms with Gasteiger partial charge in [-0.1, -0.05) is 11.6 Å². The fourth-order valence-electron chi connectivity index (χ4n) is 1.41. The van der Waals surface area contributed by atoms with E-state index in [1.54, 1.807) is 24.3 Å².